The van der Waals surface area contributed by atoms with Crippen molar-refractivity contribution in [1.29, 1.82) is 0 Å². The molecule has 0 aromatic heterocycles. The van der Waals surface area contributed by atoms with E-state index >= 15 is 0 Å². The van der Waals surface area contributed by atoms with E-state index in [4.69, 9.17) is 14.2 Å². The summed E-state index contributed by atoms with van der Waals surface area (Å²) in [5.74, 6) is -1.71. The number of hydrogen-bond donors (Lipinski definition) is 0. The van der Waals surface area contributed by atoms with Crippen LogP contribution in [0.4, 0.5) is 0 Å². The molecule has 0 bridgehead atoms. The van der Waals surface area contributed by atoms with E-state index in [1.807, 2.05) is 13.8 Å². The fraction of sp³-hybridized carbons (Fsp3) is 0.786. The van der Waals surface area contributed by atoms with Crippen molar-refractivity contribution in [2.75, 3.05) is 0 Å². The van der Waals surface area contributed by atoms with Gasteiger partial charge >= 0.3 is 17.9 Å². The Labute approximate surface area is 119 Å². The number of rotatable bonds is 7. The molecule has 0 heterocycles. The molecule has 0 unspecified atom stereocenters. The average molecular weight is 288 g/mol. The Kier molecular flexibility index (Phi) is 7.87. The van der Waals surface area contributed by atoms with Gasteiger partial charge in [-0.2, -0.15) is 0 Å². The van der Waals surface area contributed by atoms with Gasteiger partial charge in [0.1, 0.15) is 6.10 Å². The van der Waals surface area contributed by atoms with E-state index in [0.717, 1.165) is 0 Å². The fourth-order valence-corrected chi connectivity index (χ4v) is 1.67. The third-order valence-corrected chi connectivity index (χ3v) is 2.24. The van der Waals surface area contributed by atoms with E-state index in [1.165, 1.54) is 13.8 Å². The van der Waals surface area contributed by atoms with Gasteiger partial charge in [0.2, 0.25) is 6.10 Å². The van der Waals surface area contributed by atoms with E-state index in [2.05, 4.69) is 0 Å². The molecule has 0 aromatic carbocycles. The molecule has 0 fully saturated rings. The molecule has 0 aliphatic carbocycles. The molecule has 0 saturated carbocycles. The molecule has 0 amide bonds. The van der Waals surface area contributed by atoms with Crippen molar-refractivity contribution in [3.63, 3.8) is 0 Å². The van der Waals surface area contributed by atoms with Crippen molar-refractivity contribution in [3.05, 3.63) is 0 Å². The zero-order valence-corrected chi connectivity index (χ0v) is 13.0. The molecule has 2 atom stereocenters. The van der Waals surface area contributed by atoms with Crippen molar-refractivity contribution in [2.24, 2.45) is 5.92 Å². The number of ether oxygens (including phenoxy) is 3. The van der Waals surface area contributed by atoms with Crippen LogP contribution in [-0.2, 0) is 28.6 Å². The Morgan fingerprint density at radius 1 is 0.850 bits per heavy atom. The normalized spacial score (nSPS) is 13.8. The lowest BCUT2D eigenvalue weighted by molar-refractivity contribution is -0.184. The Balaban J connectivity index is 5.11. The molecule has 20 heavy (non-hydrogen) atoms. The first kappa shape index (κ1) is 18.4. The summed E-state index contributed by atoms with van der Waals surface area (Å²) < 4.78 is 15.1. The van der Waals surface area contributed by atoms with Crippen molar-refractivity contribution in [1.82, 2.24) is 0 Å². The van der Waals surface area contributed by atoms with Gasteiger partial charge in [-0.3, -0.25) is 9.59 Å². The smallest absolute Gasteiger partial charge is 0.351 e. The number of carbonyl (C=O) groups excluding carboxylic acids is 3. The Morgan fingerprint density at radius 2 is 1.35 bits per heavy atom. The number of carbonyl (C=O) groups is 3. The average Bonchev–Trinajstić information content (AvgIpc) is 2.22. The third kappa shape index (κ3) is 7.76. The highest BCUT2D eigenvalue weighted by Crippen LogP contribution is 2.17. The SMILES string of the molecule is CC(=O)O[C@H](C(=O)OC(C)C)[C@@H](CC(C)C)OC(C)=O. The minimum Gasteiger partial charge on any atom is -0.460 e. The molecule has 116 valence electrons. The van der Waals surface area contributed by atoms with E-state index in [9.17, 15) is 14.4 Å². The summed E-state index contributed by atoms with van der Waals surface area (Å²) in [6.45, 7) is 9.63. The van der Waals surface area contributed by atoms with E-state index in [0.29, 0.717) is 6.42 Å². The first-order valence-electron chi connectivity index (χ1n) is 6.68. The minimum absolute atomic E-state index is 0.157. The van der Waals surface area contributed by atoms with Crippen LogP contribution in [0.5, 0.6) is 0 Å². The second-order valence-electron chi connectivity index (χ2n) is 5.29. The van der Waals surface area contributed by atoms with Crippen molar-refractivity contribution >= 4 is 17.9 Å². The van der Waals surface area contributed by atoms with Crippen LogP contribution in [0.25, 0.3) is 0 Å². The molecular formula is C14H24O6. The van der Waals surface area contributed by atoms with Crippen LogP contribution in [0.15, 0.2) is 0 Å². The van der Waals surface area contributed by atoms with Gasteiger partial charge in [0.15, 0.2) is 0 Å². The standard InChI is InChI=1S/C14H24O6/c1-8(2)7-12(19-10(5)15)13(20-11(6)16)14(17)18-9(3)4/h8-9,12-13H,7H2,1-6H3/t12-,13+/m1/s1. The van der Waals surface area contributed by atoms with Gasteiger partial charge in [-0.25, -0.2) is 4.79 Å². The zero-order chi connectivity index (χ0) is 15.9. The Bertz CT molecular complexity index is 348. The van der Waals surface area contributed by atoms with Gasteiger partial charge in [0, 0.05) is 13.8 Å². The van der Waals surface area contributed by atoms with Gasteiger partial charge in [0.05, 0.1) is 6.10 Å². The quantitative estimate of drug-likeness (QED) is 0.525. The lowest BCUT2D eigenvalue weighted by Gasteiger charge is -2.26. The monoisotopic (exact) mass is 288 g/mol. The molecule has 0 aromatic rings. The van der Waals surface area contributed by atoms with Gasteiger partial charge in [-0.15, -0.1) is 0 Å². The van der Waals surface area contributed by atoms with E-state index < -0.39 is 30.1 Å². The molecule has 6 nitrogen and oxygen atoms in total. The maximum absolute atomic E-state index is 12.0. The molecule has 0 aliphatic heterocycles. The van der Waals surface area contributed by atoms with Gasteiger partial charge in [0.25, 0.3) is 0 Å². The zero-order valence-electron chi connectivity index (χ0n) is 13.0. The molecule has 0 N–H and O–H groups in total. The summed E-state index contributed by atoms with van der Waals surface area (Å²) in [5, 5.41) is 0. The summed E-state index contributed by atoms with van der Waals surface area (Å²) in [6.07, 6.45) is -2.04. The summed E-state index contributed by atoms with van der Waals surface area (Å²) in [7, 11) is 0. The number of esters is 3. The maximum Gasteiger partial charge on any atom is 0.351 e. The van der Waals surface area contributed by atoms with Crippen LogP contribution in [0.3, 0.4) is 0 Å². The lowest BCUT2D eigenvalue weighted by atomic mass is 10.0. The summed E-state index contributed by atoms with van der Waals surface area (Å²) in [4.78, 5) is 34.3. The highest BCUT2D eigenvalue weighted by Gasteiger charge is 2.36. The van der Waals surface area contributed by atoms with Crippen molar-refractivity contribution in [3.8, 4) is 0 Å². The topological polar surface area (TPSA) is 78.9 Å². The third-order valence-electron chi connectivity index (χ3n) is 2.24. The second kappa shape index (κ2) is 8.55. The largest absolute Gasteiger partial charge is 0.460 e. The first-order chi connectivity index (χ1) is 9.13. The van der Waals surface area contributed by atoms with Crippen molar-refractivity contribution < 1.29 is 28.6 Å². The molecule has 0 saturated heterocycles. The van der Waals surface area contributed by atoms with E-state index in [1.54, 1.807) is 13.8 Å². The van der Waals surface area contributed by atoms with Crippen LogP contribution < -0.4 is 0 Å². The highest BCUT2D eigenvalue weighted by molar-refractivity contribution is 5.80. The summed E-state index contributed by atoms with van der Waals surface area (Å²) in [5.41, 5.74) is 0. The van der Waals surface area contributed by atoms with Crippen molar-refractivity contribution in [2.45, 2.75) is 66.3 Å². The Hall–Kier alpha value is -1.59. The number of hydrogen-bond acceptors (Lipinski definition) is 6. The second-order valence-corrected chi connectivity index (χ2v) is 5.29. The predicted molar refractivity (Wildman–Crippen MR) is 71.8 cm³/mol. The summed E-state index contributed by atoms with van der Waals surface area (Å²) >= 11 is 0. The highest BCUT2D eigenvalue weighted by atomic mass is 16.6. The molecule has 6 heteroatoms. The van der Waals surface area contributed by atoms with Crippen LogP contribution in [0.1, 0.15) is 48.0 Å². The molecular weight excluding hydrogens is 264 g/mol. The first-order valence-corrected chi connectivity index (χ1v) is 6.68. The minimum atomic E-state index is -1.24. The van der Waals surface area contributed by atoms with Crippen LogP contribution in [0.2, 0.25) is 0 Å². The molecule has 0 spiro atoms. The molecule has 0 radical (unpaired) electrons. The maximum atomic E-state index is 12.0. The lowest BCUT2D eigenvalue weighted by Crippen LogP contribution is -2.43. The van der Waals surface area contributed by atoms with Gasteiger partial charge < -0.3 is 14.2 Å². The molecule has 0 rings (SSSR count). The van der Waals surface area contributed by atoms with Gasteiger partial charge in [-0.05, 0) is 26.2 Å². The van der Waals surface area contributed by atoms with Gasteiger partial charge in [-0.1, -0.05) is 13.8 Å². The van der Waals surface area contributed by atoms with Crippen LogP contribution in [-0.4, -0.2) is 36.2 Å². The van der Waals surface area contributed by atoms with E-state index in [-0.39, 0.29) is 12.0 Å². The van der Waals surface area contributed by atoms with Crippen LogP contribution >= 0.6 is 0 Å². The van der Waals surface area contributed by atoms with Crippen LogP contribution in [0, 0.1) is 5.92 Å². The summed E-state index contributed by atoms with van der Waals surface area (Å²) in [6, 6.07) is 0. The fourth-order valence-electron chi connectivity index (χ4n) is 1.67. The predicted octanol–water partition coefficient (Wildman–Crippen LogP) is 1.85. The molecule has 0 aliphatic rings. The Morgan fingerprint density at radius 3 is 1.70 bits per heavy atom.